The van der Waals surface area contributed by atoms with E-state index in [2.05, 4.69) is 9.82 Å². The Morgan fingerprint density at radius 3 is 2.78 bits per heavy atom. The highest BCUT2D eigenvalue weighted by Crippen LogP contribution is 2.21. The van der Waals surface area contributed by atoms with E-state index in [1.54, 1.807) is 36.1 Å². The Hall–Kier alpha value is -1.22. The summed E-state index contributed by atoms with van der Waals surface area (Å²) in [6.07, 6.45) is 1.63. The molecule has 0 radical (unpaired) electrons. The van der Waals surface area contributed by atoms with E-state index in [9.17, 15) is 8.42 Å². The summed E-state index contributed by atoms with van der Waals surface area (Å²) in [5.74, 6) is 0. The van der Waals surface area contributed by atoms with Crippen LogP contribution in [0.2, 0.25) is 0 Å². The predicted molar refractivity (Wildman–Crippen MR) is 69.4 cm³/mol. The first-order valence-electron chi connectivity index (χ1n) is 5.28. The van der Waals surface area contributed by atoms with Crippen LogP contribution in [0.4, 0.5) is 0 Å². The number of nitrogens with zero attached hydrogens (tertiary/aromatic N) is 2. The maximum absolute atomic E-state index is 12.0. The quantitative estimate of drug-likeness (QED) is 0.833. The third-order valence-electron chi connectivity index (χ3n) is 2.47. The van der Waals surface area contributed by atoms with Crippen LogP contribution in [0.5, 0.6) is 0 Å². The number of aromatic nitrogens is 2. The first kappa shape index (κ1) is 13.2. The Morgan fingerprint density at radius 1 is 1.44 bits per heavy atom. The molecule has 0 saturated carbocycles. The molecule has 0 bridgehead atoms. The van der Waals surface area contributed by atoms with E-state index in [1.807, 2.05) is 0 Å². The Kier molecular flexibility index (Phi) is 3.81. The third kappa shape index (κ3) is 2.78. The summed E-state index contributed by atoms with van der Waals surface area (Å²) in [6, 6.07) is 5.06. The van der Waals surface area contributed by atoms with Gasteiger partial charge in [0.1, 0.15) is 4.21 Å². The van der Waals surface area contributed by atoms with E-state index < -0.39 is 10.0 Å². The van der Waals surface area contributed by atoms with Crippen LogP contribution in [0.1, 0.15) is 10.6 Å². The molecule has 0 aliphatic carbocycles. The number of nitrogens with one attached hydrogen (secondary N) is 1. The average molecular weight is 286 g/mol. The van der Waals surface area contributed by atoms with E-state index in [0.717, 1.165) is 10.6 Å². The van der Waals surface area contributed by atoms with Gasteiger partial charge in [0, 0.05) is 24.7 Å². The second-order valence-electron chi connectivity index (χ2n) is 3.70. The zero-order valence-corrected chi connectivity index (χ0v) is 11.5. The van der Waals surface area contributed by atoms with Crippen molar-refractivity contribution in [3.8, 4) is 0 Å². The standard InChI is InChI=1S/C10H14N4O2S2/c1-14-8(4-5-12-14)7-13-18(15,16)10-3-2-9(6-11)17-10/h2-5,13H,6-7,11H2,1H3. The lowest BCUT2D eigenvalue weighted by Gasteiger charge is -2.04. The fourth-order valence-electron chi connectivity index (χ4n) is 1.43. The predicted octanol–water partition coefficient (Wildman–Crippen LogP) is 0.419. The number of hydrogen-bond acceptors (Lipinski definition) is 5. The van der Waals surface area contributed by atoms with E-state index >= 15 is 0 Å². The van der Waals surface area contributed by atoms with Gasteiger partial charge >= 0.3 is 0 Å². The monoisotopic (exact) mass is 286 g/mol. The molecule has 98 valence electrons. The molecule has 2 heterocycles. The number of rotatable bonds is 5. The van der Waals surface area contributed by atoms with Crippen LogP contribution >= 0.6 is 11.3 Å². The van der Waals surface area contributed by atoms with Crippen molar-refractivity contribution >= 4 is 21.4 Å². The topological polar surface area (TPSA) is 90.0 Å². The summed E-state index contributed by atoms with van der Waals surface area (Å²) in [5, 5.41) is 3.98. The van der Waals surface area contributed by atoms with Gasteiger partial charge in [-0.3, -0.25) is 4.68 Å². The molecular formula is C10H14N4O2S2. The van der Waals surface area contributed by atoms with Crippen LogP contribution in [0.15, 0.2) is 28.6 Å². The normalized spacial score (nSPS) is 11.9. The van der Waals surface area contributed by atoms with Crippen molar-refractivity contribution in [2.75, 3.05) is 0 Å². The van der Waals surface area contributed by atoms with E-state index in [1.165, 1.54) is 11.3 Å². The minimum absolute atomic E-state index is 0.217. The van der Waals surface area contributed by atoms with Crippen molar-refractivity contribution in [3.05, 3.63) is 35.0 Å². The zero-order valence-electron chi connectivity index (χ0n) is 9.83. The lowest BCUT2D eigenvalue weighted by molar-refractivity contribution is 0.579. The number of aryl methyl sites for hydroxylation is 1. The van der Waals surface area contributed by atoms with Crippen molar-refractivity contribution in [3.63, 3.8) is 0 Å². The molecule has 0 aromatic carbocycles. The summed E-state index contributed by atoms with van der Waals surface area (Å²) in [5.41, 5.74) is 6.26. The van der Waals surface area contributed by atoms with E-state index in [-0.39, 0.29) is 10.8 Å². The Labute approximate surface area is 109 Å². The highest BCUT2D eigenvalue weighted by Gasteiger charge is 2.16. The fourth-order valence-corrected chi connectivity index (χ4v) is 3.71. The van der Waals surface area contributed by atoms with Crippen molar-refractivity contribution in [1.29, 1.82) is 0 Å². The van der Waals surface area contributed by atoms with Crippen molar-refractivity contribution in [1.82, 2.24) is 14.5 Å². The molecule has 18 heavy (non-hydrogen) atoms. The SMILES string of the molecule is Cn1nccc1CNS(=O)(=O)c1ccc(CN)s1. The highest BCUT2D eigenvalue weighted by molar-refractivity contribution is 7.91. The minimum atomic E-state index is -3.47. The Morgan fingerprint density at radius 2 is 2.22 bits per heavy atom. The molecule has 0 saturated heterocycles. The van der Waals surface area contributed by atoms with Gasteiger partial charge in [-0.25, -0.2) is 13.1 Å². The van der Waals surface area contributed by atoms with Gasteiger partial charge in [0.25, 0.3) is 0 Å². The zero-order chi connectivity index (χ0) is 13.2. The van der Waals surface area contributed by atoms with Crippen LogP contribution in [-0.2, 0) is 30.2 Å². The molecule has 0 amide bonds. The van der Waals surface area contributed by atoms with Crippen LogP contribution in [0, 0.1) is 0 Å². The summed E-state index contributed by atoms with van der Waals surface area (Å²) < 4.78 is 28.4. The van der Waals surface area contributed by atoms with Crippen molar-refractivity contribution in [2.45, 2.75) is 17.3 Å². The van der Waals surface area contributed by atoms with Gasteiger partial charge in [0.05, 0.1) is 12.2 Å². The van der Waals surface area contributed by atoms with Crippen molar-refractivity contribution < 1.29 is 8.42 Å². The summed E-state index contributed by atoms with van der Waals surface area (Å²) in [7, 11) is -1.71. The highest BCUT2D eigenvalue weighted by atomic mass is 32.2. The Bertz CT molecular complexity index is 630. The number of nitrogens with two attached hydrogens (primary N) is 1. The molecule has 0 fully saturated rings. The van der Waals surface area contributed by atoms with Crippen LogP contribution < -0.4 is 10.5 Å². The maximum atomic E-state index is 12.0. The second kappa shape index (κ2) is 5.19. The summed E-state index contributed by atoms with van der Waals surface area (Å²) in [4.78, 5) is 0.843. The molecule has 2 rings (SSSR count). The van der Waals surface area contributed by atoms with Crippen molar-refractivity contribution in [2.24, 2.45) is 12.8 Å². The van der Waals surface area contributed by atoms with Crippen LogP contribution in [-0.4, -0.2) is 18.2 Å². The summed E-state index contributed by atoms with van der Waals surface area (Å²) >= 11 is 1.18. The first-order chi connectivity index (χ1) is 8.53. The van der Waals surface area contributed by atoms with Gasteiger partial charge in [-0.1, -0.05) is 0 Å². The molecule has 0 aliphatic heterocycles. The molecule has 2 aromatic rings. The van der Waals surface area contributed by atoms with Gasteiger partial charge in [0.15, 0.2) is 0 Å². The molecule has 6 nitrogen and oxygen atoms in total. The van der Waals surface area contributed by atoms with Gasteiger partial charge in [0.2, 0.25) is 10.0 Å². The third-order valence-corrected chi connectivity index (χ3v) is 5.47. The Balaban J connectivity index is 2.10. The van der Waals surface area contributed by atoms with Crippen LogP contribution in [0.3, 0.4) is 0 Å². The van der Waals surface area contributed by atoms with Gasteiger partial charge in [-0.05, 0) is 18.2 Å². The molecule has 0 atom stereocenters. The largest absolute Gasteiger partial charge is 0.326 e. The number of sulfonamides is 1. The maximum Gasteiger partial charge on any atom is 0.250 e. The van der Waals surface area contributed by atoms with E-state index in [4.69, 9.17) is 5.73 Å². The van der Waals surface area contributed by atoms with Gasteiger partial charge < -0.3 is 5.73 Å². The van der Waals surface area contributed by atoms with E-state index in [0.29, 0.717) is 6.54 Å². The lowest BCUT2D eigenvalue weighted by Crippen LogP contribution is -2.23. The van der Waals surface area contributed by atoms with Gasteiger partial charge in [-0.2, -0.15) is 5.10 Å². The van der Waals surface area contributed by atoms with Crippen LogP contribution in [0.25, 0.3) is 0 Å². The lowest BCUT2D eigenvalue weighted by atomic mass is 10.4. The molecule has 8 heteroatoms. The molecule has 2 aromatic heterocycles. The minimum Gasteiger partial charge on any atom is -0.326 e. The number of thiophene rings is 1. The number of hydrogen-bond donors (Lipinski definition) is 2. The molecule has 3 N–H and O–H groups in total. The first-order valence-corrected chi connectivity index (χ1v) is 7.58. The molecular weight excluding hydrogens is 272 g/mol. The van der Waals surface area contributed by atoms with Gasteiger partial charge in [-0.15, -0.1) is 11.3 Å². The molecule has 0 spiro atoms. The summed E-state index contributed by atoms with van der Waals surface area (Å²) in [6.45, 7) is 0.566. The average Bonchev–Trinajstić information content (AvgIpc) is 2.95. The molecule has 0 aliphatic rings. The molecule has 0 unspecified atom stereocenters. The second-order valence-corrected chi connectivity index (χ2v) is 6.86. The smallest absolute Gasteiger partial charge is 0.250 e. The fraction of sp³-hybridized carbons (Fsp3) is 0.300.